The van der Waals surface area contributed by atoms with Crippen molar-refractivity contribution < 1.29 is 62.2 Å². The van der Waals surface area contributed by atoms with Gasteiger partial charge in [-0.05, 0) is 93.1 Å². The van der Waals surface area contributed by atoms with E-state index in [0.29, 0.717) is 24.4 Å². The van der Waals surface area contributed by atoms with E-state index < -0.39 is 90.1 Å². The molecule has 4 rings (SSSR count). The topological polar surface area (TPSA) is 181 Å². The van der Waals surface area contributed by atoms with E-state index in [2.05, 4.69) is 5.32 Å². The lowest BCUT2D eigenvalue weighted by Gasteiger charge is -2.47. The Morgan fingerprint density at radius 3 is 2.35 bits per heavy atom. The van der Waals surface area contributed by atoms with E-state index in [4.69, 9.17) is 37.9 Å². The number of amides is 1. The van der Waals surface area contributed by atoms with Crippen molar-refractivity contribution in [2.24, 2.45) is 17.8 Å². The number of nitrogens with one attached hydrogen (secondary N) is 1. The molecule has 3 aliphatic heterocycles. The van der Waals surface area contributed by atoms with E-state index in [1.807, 2.05) is 58.6 Å². The fourth-order valence-electron chi connectivity index (χ4n) is 8.82. The number of fused-ring (bicyclic) bond motifs is 1. The van der Waals surface area contributed by atoms with Gasteiger partial charge in [0.05, 0.1) is 36.9 Å². The fourth-order valence-corrected chi connectivity index (χ4v) is 8.82. The summed E-state index contributed by atoms with van der Waals surface area (Å²) >= 11 is 0. The van der Waals surface area contributed by atoms with Gasteiger partial charge in [0.2, 0.25) is 0 Å². The number of cyclic esters (lactones) is 1. The van der Waals surface area contributed by atoms with Crippen LogP contribution in [-0.4, -0.2) is 140 Å². The second-order valence-corrected chi connectivity index (χ2v) is 16.8. The van der Waals surface area contributed by atoms with Gasteiger partial charge >= 0.3 is 24.2 Å². The molecule has 57 heavy (non-hydrogen) atoms. The van der Waals surface area contributed by atoms with Crippen molar-refractivity contribution in [3.8, 4) is 5.75 Å². The number of likely N-dealkylation sites (N-methyl/N-ethyl adjacent to an activating group) is 2. The predicted molar refractivity (Wildman–Crippen MR) is 208 cm³/mol. The van der Waals surface area contributed by atoms with E-state index >= 15 is 0 Å². The first-order valence-electron chi connectivity index (χ1n) is 19.9. The van der Waals surface area contributed by atoms with Gasteiger partial charge in [-0.2, -0.15) is 0 Å². The number of nitrogens with zero attached hydrogens (tertiary/aromatic N) is 2. The number of carbonyl (C=O) groups is 4. The average molecular weight is 808 g/mol. The lowest BCUT2D eigenvalue weighted by atomic mass is 9.77. The Labute approximate surface area is 337 Å². The van der Waals surface area contributed by atoms with Crippen molar-refractivity contribution in [3.63, 3.8) is 0 Å². The van der Waals surface area contributed by atoms with Crippen molar-refractivity contribution in [3.05, 3.63) is 24.3 Å². The fraction of sp³-hybridized carbons (Fsp3) is 0.756. The number of esters is 2. The molecule has 3 aliphatic rings. The van der Waals surface area contributed by atoms with E-state index in [0.717, 1.165) is 0 Å². The minimum absolute atomic E-state index is 0.175. The van der Waals surface area contributed by atoms with Crippen LogP contribution in [0.1, 0.15) is 81.6 Å². The predicted octanol–water partition coefficient (Wildman–Crippen LogP) is 4.99. The van der Waals surface area contributed by atoms with Crippen LogP contribution in [0.25, 0.3) is 0 Å². The number of ether oxygens (including phenoxy) is 8. The Balaban J connectivity index is 1.84. The summed E-state index contributed by atoms with van der Waals surface area (Å²) in [5, 5.41) is 15.4. The summed E-state index contributed by atoms with van der Waals surface area (Å²) < 4.78 is 48.2. The Morgan fingerprint density at radius 2 is 1.74 bits per heavy atom. The van der Waals surface area contributed by atoms with Crippen molar-refractivity contribution in [2.45, 2.75) is 148 Å². The molecule has 16 nitrogen and oxygen atoms in total. The van der Waals surface area contributed by atoms with Crippen molar-refractivity contribution in [2.75, 3.05) is 40.1 Å². The Hall–Kier alpha value is -3.70. The molecular formula is C41H65N3O13. The lowest BCUT2D eigenvalue weighted by Crippen LogP contribution is -2.60. The Kier molecular flexibility index (Phi) is 15.3. The van der Waals surface area contributed by atoms with Crippen LogP contribution in [0.5, 0.6) is 5.75 Å². The number of hydrogen-bond donors (Lipinski definition) is 2. The first-order chi connectivity index (χ1) is 26.6. The van der Waals surface area contributed by atoms with Crippen LogP contribution in [0.15, 0.2) is 24.3 Å². The molecule has 2 N–H and O–H groups in total. The lowest BCUT2D eigenvalue weighted by molar-refractivity contribution is -0.301. The minimum atomic E-state index is -1.65. The van der Waals surface area contributed by atoms with Gasteiger partial charge in [-0.3, -0.25) is 19.8 Å². The van der Waals surface area contributed by atoms with Crippen LogP contribution >= 0.6 is 0 Å². The quantitative estimate of drug-likeness (QED) is 0.265. The van der Waals surface area contributed by atoms with Crippen molar-refractivity contribution in [1.29, 1.82) is 0 Å². The zero-order valence-electron chi connectivity index (χ0n) is 35.8. The number of rotatable bonds is 8. The third kappa shape index (κ3) is 10.9. The van der Waals surface area contributed by atoms with Gasteiger partial charge in [0, 0.05) is 37.2 Å². The summed E-state index contributed by atoms with van der Waals surface area (Å²) in [4.78, 5) is 57.3. The summed E-state index contributed by atoms with van der Waals surface area (Å²) in [6.07, 6.45) is -7.31. The van der Waals surface area contributed by atoms with Gasteiger partial charge in [0.1, 0.15) is 18.0 Å². The highest BCUT2D eigenvalue weighted by Crippen LogP contribution is 2.40. The SMILES string of the molecule is CC[C@H]1OC(=O)[C@H](C)[C@@H](OC(=O)Nc2cccc(OC)c2)[C@H](C)[C@@H](O[C@@H]2O[C@H](C)C[C@H](N(C)C)[C@H]2OC(C)=O)[C@](C)(O)C[C@@H](C)CN(C)[C@H](C)[C@H]2OC(=O)O[C@@]21C. The van der Waals surface area contributed by atoms with Crippen LogP contribution in [-0.2, 0) is 42.7 Å². The van der Waals surface area contributed by atoms with Crippen molar-refractivity contribution in [1.82, 2.24) is 9.80 Å². The third-order valence-electron chi connectivity index (χ3n) is 11.7. The van der Waals surface area contributed by atoms with Crippen LogP contribution in [0, 0.1) is 17.8 Å². The summed E-state index contributed by atoms with van der Waals surface area (Å²) in [7, 11) is 7.14. The van der Waals surface area contributed by atoms with Crippen LogP contribution < -0.4 is 10.1 Å². The molecule has 0 saturated carbocycles. The van der Waals surface area contributed by atoms with Gasteiger partial charge in [-0.25, -0.2) is 9.59 Å². The van der Waals surface area contributed by atoms with Gasteiger partial charge in [-0.1, -0.05) is 26.8 Å². The maximum absolute atomic E-state index is 14.4. The molecule has 0 bridgehead atoms. The molecule has 0 spiro atoms. The molecule has 322 valence electrons. The van der Waals surface area contributed by atoms with E-state index in [1.54, 1.807) is 52.0 Å². The van der Waals surface area contributed by atoms with Gasteiger partial charge in [0.25, 0.3) is 0 Å². The molecule has 3 fully saturated rings. The summed E-state index contributed by atoms with van der Waals surface area (Å²) in [5.74, 6) is -3.03. The molecule has 16 heteroatoms. The van der Waals surface area contributed by atoms with Gasteiger partial charge in [-0.15, -0.1) is 0 Å². The molecule has 0 aromatic heterocycles. The Morgan fingerprint density at radius 1 is 1.05 bits per heavy atom. The summed E-state index contributed by atoms with van der Waals surface area (Å²) in [6, 6.07) is 6.00. The summed E-state index contributed by atoms with van der Waals surface area (Å²) in [6.45, 7) is 16.0. The van der Waals surface area contributed by atoms with E-state index in [9.17, 15) is 24.3 Å². The highest BCUT2D eigenvalue weighted by molar-refractivity contribution is 5.85. The standard InChI is InChI=1S/C41H65N3O13/c1-14-31-41(9)35(56-39(48)57-41)26(6)44(12)21-22(2)20-40(8,49)34(55-37-33(52-27(7)45)30(43(10)11)18-23(3)51-37)24(4)32(25(5)36(46)53-31)54-38(47)42-28-16-15-17-29(19-28)50-13/h15-17,19,22-26,30-35,37,49H,14,18,20-21H2,1-13H3,(H,42,47)/t22-,23-,24+,25-,26-,30+,31-,32+,33-,34-,35-,37+,40-,41-/m1/s1. The van der Waals surface area contributed by atoms with Crippen LogP contribution in [0.3, 0.4) is 0 Å². The maximum Gasteiger partial charge on any atom is 0.509 e. The average Bonchev–Trinajstić information content (AvgIpc) is 3.44. The normalized spacial score (nSPS) is 38.4. The third-order valence-corrected chi connectivity index (χ3v) is 11.7. The van der Waals surface area contributed by atoms with Crippen LogP contribution in [0.2, 0.25) is 0 Å². The molecular weight excluding hydrogens is 742 g/mol. The molecule has 1 aromatic rings. The first kappa shape index (κ1) is 46.0. The molecule has 1 aromatic carbocycles. The molecule has 3 heterocycles. The zero-order valence-corrected chi connectivity index (χ0v) is 35.8. The van der Waals surface area contributed by atoms with E-state index in [1.165, 1.54) is 14.0 Å². The number of hydrogen-bond acceptors (Lipinski definition) is 15. The Bertz CT molecular complexity index is 1560. The number of carbonyl (C=O) groups excluding carboxylic acids is 4. The molecule has 1 amide bonds. The monoisotopic (exact) mass is 807 g/mol. The first-order valence-corrected chi connectivity index (χ1v) is 19.9. The second kappa shape index (κ2) is 18.9. The largest absolute Gasteiger partial charge is 0.509 e. The maximum atomic E-state index is 14.4. The number of anilines is 1. The molecule has 3 saturated heterocycles. The van der Waals surface area contributed by atoms with Gasteiger partial charge in [0.15, 0.2) is 24.1 Å². The second-order valence-electron chi connectivity index (χ2n) is 16.8. The number of benzene rings is 1. The molecule has 0 unspecified atom stereocenters. The minimum Gasteiger partial charge on any atom is -0.497 e. The summed E-state index contributed by atoms with van der Waals surface area (Å²) in [5.41, 5.74) is -2.63. The van der Waals surface area contributed by atoms with Gasteiger partial charge < -0.3 is 47.9 Å². The molecule has 0 radical (unpaired) electrons. The van der Waals surface area contributed by atoms with Crippen LogP contribution in [0.4, 0.5) is 15.3 Å². The number of methoxy groups -OCH3 is 1. The molecule has 0 aliphatic carbocycles. The highest BCUT2D eigenvalue weighted by atomic mass is 16.8. The molecule has 14 atom stereocenters. The number of aliphatic hydroxyl groups is 1. The van der Waals surface area contributed by atoms with E-state index in [-0.39, 0.29) is 30.9 Å². The zero-order chi connectivity index (χ0) is 42.6. The highest BCUT2D eigenvalue weighted by Gasteiger charge is 2.58. The smallest absolute Gasteiger partial charge is 0.497 e. The van der Waals surface area contributed by atoms with Crippen molar-refractivity contribution >= 4 is 29.9 Å².